The first kappa shape index (κ1) is 17.8. The van der Waals surface area contributed by atoms with Crippen molar-refractivity contribution in [3.8, 4) is 10.6 Å². The molecule has 0 saturated heterocycles. The summed E-state index contributed by atoms with van der Waals surface area (Å²) in [6.07, 6.45) is 6.11. The molecule has 4 rings (SSSR count). The topological polar surface area (TPSA) is 64.0 Å². The number of nitrogens with zero attached hydrogens (tertiary/aromatic N) is 2. The van der Waals surface area contributed by atoms with E-state index < -0.39 is 10.0 Å². The summed E-state index contributed by atoms with van der Waals surface area (Å²) < 4.78 is 31.5. The maximum Gasteiger partial charge on any atom is 0.265 e. The van der Waals surface area contributed by atoms with Gasteiger partial charge in [-0.05, 0) is 42.5 Å². The van der Waals surface area contributed by atoms with E-state index in [1.807, 2.05) is 28.3 Å². The van der Waals surface area contributed by atoms with Crippen LogP contribution in [0.3, 0.4) is 0 Å². The zero-order valence-electron chi connectivity index (χ0n) is 13.9. The number of aromatic nitrogens is 2. The molecule has 1 aliphatic carbocycles. The minimum atomic E-state index is -3.74. The Morgan fingerprint density at radius 1 is 1.19 bits per heavy atom. The van der Waals surface area contributed by atoms with Crippen molar-refractivity contribution in [1.82, 2.24) is 9.78 Å². The summed E-state index contributed by atoms with van der Waals surface area (Å²) >= 11 is 4.87. The molecule has 0 atom stereocenters. The molecule has 2 aromatic heterocycles. The number of thiophene rings is 1. The van der Waals surface area contributed by atoms with Gasteiger partial charge in [0.05, 0.1) is 10.9 Å². The largest absolute Gasteiger partial charge is 0.279 e. The fourth-order valence-corrected chi connectivity index (χ4v) is 5.66. The molecule has 0 amide bonds. The van der Waals surface area contributed by atoms with Crippen molar-refractivity contribution in [3.63, 3.8) is 0 Å². The molecule has 1 saturated carbocycles. The van der Waals surface area contributed by atoms with Gasteiger partial charge in [0.2, 0.25) is 0 Å². The number of hydrogen-bond donors (Lipinski definition) is 1. The average Bonchev–Trinajstić information content (AvgIpc) is 3.34. The van der Waals surface area contributed by atoms with Crippen molar-refractivity contribution < 1.29 is 8.42 Å². The van der Waals surface area contributed by atoms with Gasteiger partial charge in [-0.1, -0.05) is 40.9 Å². The highest BCUT2D eigenvalue weighted by Gasteiger charge is 2.27. The van der Waals surface area contributed by atoms with E-state index in [1.165, 1.54) is 11.3 Å². The van der Waals surface area contributed by atoms with Crippen LogP contribution in [0.1, 0.15) is 31.7 Å². The first-order valence-electron chi connectivity index (χ1n) is 8.44. The molecule has 3 aromatic rings. The van der Waals surface area contributed by atoms with Gasteiger partial charge in [0, 0.05) is 16.4 Å². The zero-order chi connectivity index (χ0) is 18.1. The predicted octanol–water partition coefficient (Wildman–Crippen LogP) is 5.29. The predicted molar refractivity (Wildman–Crippen MR) is 108 cm³/mol. The molecule has 0 aliphatic heterocycles. The van der Waals surface area contributed by atoms with E-state index in [1.54, 1.807) is 24.4 Å². The first-order valence-corrected chi connectivity index (χ1v) is 11.6. The second-order valence-electron chi connectivity index (χ2n) is 6.35. The van der Waals surface area contributed by atoms with Crippen LogP contribution < -0.4 is 4.72 Å². The van der Waals surface area contributed by atoms with Crippen molar-refractivity contribution in [1.29, 1.82) is 0 Å². The van der Waals surface area contributed by atoms with Crippen LogP contribution in [0, 0.1) is 0 Å². The Hall–Kier alpha value is -1.64. The molecule has 2 heterocycles. The Morgan fingerprint density at radius 3 is 2.69 bits per heavy atom. The fourth-order valence-electron chi connectivity index (χ4n) is 3.27. The Labute approximate surface area is 165 Å². The molecule has 5 nitrogen and oxygen atoms in total. The summed E-state index contributed by atoms with van der Waals surface area (Å²) in [4.78, 5) is 1.09. The van der Waals surface area contributed by atoms with Gasteiger partial charge in [-0.25, -0.2) is 8.42 Å². The molecule has 0 unspecified atom stereocenters. The van der Waals surface area contributed by atoms with Crippen molar-refractivity contribution in [2.24, 2.45) is 0 Å². The molecule has 1 aromatic carbocycles. The summed E-state index contributed by atoms with van der Waals surface area (Å²) in [5.74, 6) is 0. The number of rotatable bonds is 5. The lowest BCUT2D eigenvalue weighted by atomic mass is 10.3. The molecular weight excluding hydrogens is 434 g/mol. The highest BCUT2D eigenvalue weighted by molar-refractivity contribution is 9.10. The summed E-state index contributed by atoms with van der Waals surface area (Å²) in [5, 5.41) is 6.59. The molecule has 26 heavy (non-hydrogen) atoms. The van der Waals surface area contributed by atoms with Crippen LogP contribution in [0.5, 0.6) is 0 Å². The number of hydrogen-bond acceptors (Lipinski definition) is 4. The van der Waals surface area contributed by atoms with E-state index in [4.69, 9.17) is 0 Å². The third-order valence-corrected chi connectivity index (χ3v) is 7.27. The number of halogens is 1. The van der Waals surface area contributed by atoms with Gasteiger partial charge < -0.3 is 0 Å². The Kier molecular flexibility index (Phi) is 4.90. The van der Waals surface area contributed by atoms with E-state index in [0.29, 0.717) is 11.4 Å². The molecule has 136 valence electrons. The minimum Gasteiger partial charge on any atom is -0.279 e. The van der Waals surface area contributed by atoms with Crippen LogP contribution in [-0.4, -0.2) is 18.2 Å². The molecule has 0 spiro atoms. The normalized spacial score (nSPS) is 15.4. The van der Waals surface area contributed by atoms with Crippen LogP contribution in [0.15, 0.2) is 57.3 Å². The molecule has 1 N–H and O–H groups in total. The van der Waals surface area contributed by atoms with E-state index in [-0.39, 0.29) is 10.9 Å². The standard InChI is InChI=1S/C18H18BrN3O2S2/c19-13-5-3-6-14(11-13)21-26(23,24)17-12-22(15-7-1-2-8-15)20-18(17)16-9-4-10-25-16/h3-6,9-12,15,21H,1-2,7-8H2. The average molecular weight is 452 g/mol. The highest BCUT2D eigenvalue weighted by atomic mass is 79.9. The minimum absolute atomic E-state index is 0.229. The van der Waals surface area contributed by atoms with Crippen molar-refractivity contribution >= 4 is 43.0 Å². The van der Waals surface area contributed by atoms with Crippen molar-refractivity contribution in [3.05, 3.63) is 52.4 Å². The van der Waals surface area contributed by atoms with Gasteiger partial charge in [-0.15, -0.1) is 11.3 Å². The van der Waals surface area contributed by atoms with Crippen molar-refractivity contribution in [2.45, 2.75) is 36.6 Å². The second kappa shape index (κ2) is 7.17. The molecule has 1 fully saturated rings. The van der Waals surface area contributed by atoms with Crippen LogP contribution in [0.4, 0.5) is 5.69 Å². The van der Waals surface area contributed by atoms with Crippen LogP contribution in [-0.2, 0) is 10.0 Å². The number of nitrogens with one attached hydrogen (secondary N) is 1. The van der Waals surface area contributed by atoms with E-state index >= 15 is 0 Å². The lowest BCUT2D eigenvalue weighted by molar-refractivity contribution is 0.467. The van der Waals surface area contributed by atoms with Crippen LogP contribution in [0.2, 0.25) is 0 Å². The molecule has 0 bridgehead atoms. The third kappa shape index (κ3) is 3.58. The van der Waals surface area contributed by atoms with Gasteiger partial charge >= 0.3 is 0 Å². The Morgan fingerprint density at radius 2 is 2.00 bits per heavy atom. The van der Waals surface area contributed by atoms with E-state index in [9.17, 15) is 8.42 Å². The van der Waals surface area contributed by atoms with Gasteiger partial charge in [-0.3, -0.25) is 9.40 Å². The van der Waals surface area contributed by atoms with Crippen LogP contribution in [0.25, 0.3) is 10.6 Å². The van der Waals surface area contributed by atoms with Gasteiger partial charge in [-0.2, -0.15) is 5.10 Å². The number of anilines is 1. The quantitative estimate of drug-likeness (QED) is 0.572. The van der Waals surface area contributed by atoms with E-state index in [2.05, 4.69) is 25.8 Å². The summed E-state index contributed by atoms with van der Waals surface area (Å²) in [6.45, 7) is 0. The maximum atomic E-state index is 13.1. The lowest BCUT2D eigenvalue weighted by Crippen LogP contribution is -2.13. The summed E-state index contributed by atoms with van der Waals surface area (Å²) in [6, 6.07) is 11.2. The monoisotopic (exact) mass is 451 g/mol. The number of benzene rings is 1. The number of sulfonamides is 1. The second-order valence-corrected chi connectivity index (χ2v) is 9.87. The smallest absolute Gasteiger partial charge is 0.265 e. The highest BCUT2D eigenvalue weighted by Crippen LogP contribution is 2.35. The Balaban J connectivity index is 1.76. The summed E-state index contributed by atoms with van der Waals surface area (Å²) in [5.41, 5.74) is 1.04. The van der Waals surface area contributed by atoms with E-state index in [0.717, 1.165) is 35.0 Å². The maximum absolute atomic E-state index is 13.1. The molecule has 1 aliphatic rings. The van der Waals surface area contributed by atoms with Gasteiger partial charge in [0.1, 0.15) is 10.6 Å². The summed E-state index contributed by atoms with van der Waals surface area (Å²) in [7, 11) is -3.74. The molecular formula is C18H18BrN3O2S2. The van der Waals surface area contributed by atoms with Crippen molar-refractivity contribution in [2.75, 3.05) is 4.72 Å². The lowest BCUT2D eigenvalue weighted by Gasteiger charge is -2.09. The Bertz CT molecular complexity index is 1010. The molecule has 0 radical (unpaired) electrons. The van der Waals surface area contributed by atoms with Gasteiger partial charge in [0.25, 0.3) is 10.0 Å². The zero-order valence-corrected chi connectivity index (χ0v) is 17.1. The first-order chi connectivity index (χ1) is 12.5. The SMILES string of the molecule is O=S(=O)(Nc1cccc(Br)c1)c1cn(C2CCCC2)nc1-c1cccs1. The fraction of sp³-hybridized carbons (Fsp3) is 0.278. The van der Waals surface area contributed by atoms with Crippen LogP contribution >= 0.6 is 27.3 Å². The molecule has 8 heteroatoms. The third-order valence-electron chi connectivity index (χ3n) is 4.52. The van der Waals surface area contributed by atoms with Gasteiger partial charge in [0.15, 0.2) is 0 Å².